The lowest BCUT2D eigenvalue weighted by atomic mass is 10.3. The van der Waals surface area contributed by atoms with Crippen molar-refractivity contribution >= 4 is 0 Å². The monoisotopic (exact) mass is 187 g/mol. The molecule has 1 aromatic carbocycles. The molecule has 2 nitrogen and oxygen atoms in total. The number of hydrogen-bond acceptors (Lipinski definition) is 1. The fourth-order valence-corrected chi connectivity index (χ4v) is 1.44. The van der Waals surface area contributed by atoms with Crippen LogP contribution in [0.4, 0.5) is 0 Å². The van der Waals surface area contributed by atoms with Gasteiger partial charge in [0.05, 0.1) is 12.3 Å². The maximum Gasteiger partial charge on any atom is 0.143 e. The van der Waals surface area contributed by atoms with Gasteiger partial charge >= 0.3 is 0 Å². The van der Waals surface area contributed by atoms with Crippen LogP contribution >= 0.6 is 0 Å². The first-order valence-electron chi connectivity index (χ1n) is 4.77. The lowest BCUT2D eigenvalue weighted by molar-refractivity contribution is 0.339. The van der Waals surface area contributed by atoms with Gasteiger partial charge in [0.1, 0.15) is 5.75 Å². The Morgan fingerprint density at radius 2 is 1.79 bits per heavy atom. The van der Waals surface area contributed by atoms with Crippen LogP contribution in [0.1, 0.15) is 6.92 Å². The first kappa shape index (κ1) is 8.88. The summed E-state index contributed by atoms with van der Waals surface area (Å²) in [5.74, 6) is 0.922. The third kappa shape index (κ3) is 1.64. The molecule has 1 heterocycles. The number of para-hydroxylation sites is 2. The van der Waals surface area contributed by atoms with Crippen molar-refractivity contribution < 1.29 is 4.74 Å². The van der Waals surface area contributed by atoms with Gasteiger partial charge in [-0.1, -0.05) is 12.1 Å². The fraction of sp³-hybridized carbons (Fsp3) is 0.167. The molecule has 1 aromatic heterocycles. The molecule has 0 atom stereocenters. The van der Waals surface area contributed by atoms with Gasteiger partial charge in [0.2, 0.25) is 0 Å². The summed E-state index contributed by atoms with van der Waals surface area (Å²) in [5, 5.41) is 0. The Morgan fingerprint density at radius 3 is 2.50 bits per heavy atom. The average Bonchev–Trinajstić information content (AvgIpc) is 2.72. The van der Waals surface area contributed by atoms with Gasteiger partial charge in [0.15, 0.2) is 0 Å². The minimum absolute atomic E-state index is 0.693. The zero-order chi connectivity index (χ0) is 9.80. The quantitative estimate of drug-likeness (QED) is 0.720. The van der Waals surface area contributed by atoms with Crippen molar-refractivity contribution in [3.63, 3.8) is 0 Å². The molecule has 0 amide bonds. The molecular weight excluding hydrogens is 174 g/mol. The van der Waals surface area contributed by atoms with Gasteiger partial charge in [-0.3, -0.25) is 0 Å². The van der Waals surface area contributed by atoms with Crippen molar-refractivity contribution in [1.29, 1.82) is 0 Å². The van der Waals surface area contributed by atoms with Crippen LogP contribution in [0.3, 0.4) is 0 Å². The lowest BCUT2D eigenvalue weighted by Crippen LogP contribution is -1.98. The van der Waals surface area contributed by atoms with Crippen LogP contribution in [-0.4, -0.2) is 11.2 Å². The smallest absolute Gasteiger partial charge is 0.143 e. The highest BCUT2D eigenvalue weighted by Gasteiger charge is 2.02. The maximum atomic E-state index is 5.54. The second kappa shape index (κ2) is 4.01. The Kier molecular flexibility index (Phi) is 2.54. The summed E-state index contributed by atoms with van der Waals surface area (Å²) >= 11 is 0. The first-order chi connectivity index (χ1) is 6.92. The van der Waals surface area contributed by atoms with Crippen molar-refractivity contribution in [2.75, 3.05) is 6.61 Å². The van der Waals surface area contributed by atoms with Crippen molar-refractivity contribution in [2.45, 2.75) is 6.92 Å². The molecule has 0 bridgehead atoms. The standard InChI is InChI=1S/C12H13NO/c1-2-14-12-8-4-3-7-11(12)13-9-5-6-10-13/h3-10H,2H2,1H3. The van der Waals surface area contributed by atoms with Gasteiger partial charge in [-0.2, -0.15) is 0 Å². The van der Waals surface area contributed by atoms with E-state index in [0.717, 1.165) is 11.4 Å². The Hall–Kier alpha value is -1.70. The van der Waals surface area contributed by atoms with E-state index in [9.17, 15) is 0 Å². The Bertz CT molecular complexity index is 392. The molecule has 0 unspecified atom stereocenters. The minimum Gasteiger partial charge on any atom is -0.492 e. The molecule has 2 aromatic rings. The second-order valence-corrected chi connectivity index (χ2v) is 2.99. The number of rotatable bonds is 3. The van der Waals surface area contributed by atoms with Gasteiger partial charge in [0.25, 0.3) is 0 Å². The van der Waals surface area contributed by atoms with Gasteiger partial charge in [0, 0.05) is 12.4 Å². The number of hydrogen-bond donors (Lipinski definition) is 0. The molecule has 2 rings (SSSR count). The molecule has 0 spiro atoms. The Morgan fingerprint density at radius 1 is 1.07 bits per heavy atom. The van der Waals surface area contributed by atoms with Gasteiger partial charge in [-0.25, -0.2) is 0 Å². The van der Waals surface area contributed by atoms with Crippen molar-refractivity contribution in [3.8, 4) is 11.4 Å². The van der Waals surface area contributed by atoms with E-state index >= 15 is 0 Å². The molecule has 0 saturated heterocycles. The zero-order valence-corrected chi connectivity index (χ0v) is 8.18. The number of benzene rings is 1. The van der Waals surface area contributed by atoms with Crippen LogP contribution in [0.15, 0.2) is 48.8 Å². The highest BCUT2D eigenvalue weighted by molar-refractivity contribution is 5.46. The molecule has 0 N–H and O–H groups in total. The third-order valence-corrected chi connectivity index (χ3v) is 2.05. The summed E-state index contributed by atoms with van der Waals surface area (Å²) < 4.78 is 7.59. The molecule has 0 radical (unpaired) electrons. The highest BCUT2D eigenvalue weighted by atomic mass is 16.5. The van der Waals surface area contributed by atoms with Crippen LogP contribution in [0.2, 0.25) is 0 Å². The van der Waals surface area contributed by atoms with E-state index in [0.29, 0.717) is 6.61 Å². The Labute approximate surface area is 83.8 Å². The van der Waals surface area contributed by atoms with E-state index in [4.69, 9.17) is 4.74 Å². The van der Waals surface area contributed by atoms with E-state index in [2.05, 4.69) is 0 Å². The fourth-order valence-electron chi connectivity index (χ4n) is 1.44. The molecule has 0 fully saturated rings. The summed E-state index contributed by atoms with van der Waals surface area (Å²) in [5.41, 5.74) is 1.08. The molecule has 2 heteroatoms. The van der Waals surface area contributed by atoms with Gasteiger partial charge < -0.3 is 9.30 Å². The summed E-state index contributed by atoms with van der Waals surface area (Å²) in [6.07, 6.45) is 4.02. The summed E-state index contributed by atoms with van der Waals surface area (Å²) in [4.78, 5) is 0. The van der Waals surface area contributed by atoms with Crippen molar-refractivity contribution in [1.82, 2.24) is 4.57 Å². The van der Waals surface area contributed by atoms with Crippen LogP contribution in [-0.2, 0) is 0 Å². The average molecular weight is 187 g/mol. The predicted molar refractivity (Wildman–Crippen MR) is 56.9 cm³/mol. The molecule has 0 saturated carbocycles. The molecule has 0 aliphatic heterocycles. The first-order valence-corrected chi connectivity index (χ1v) is 4.77. The van der Waals surface area contributed by atoms with E-state index in [1.807, 2.05) is 60.3 Å². The maximum absolute atomic E-state index is 5.54. The van der Waals surface area contributed by atoms with Gasteiger partial charge in [-0.15, -0.1) is 0 Å². The van der Waals surface area contributed by atoms with Crippen molar-refractivity contribution in [2.24, 2.45) is 0 Å². The van der Waals surface area contributed by atoms with E-state index in [-0.39, 0.29) is 0 Å². The third-order valence-electron chi connectivity index (χ3n) is 2.05. The molecule has 0 aliphatic carbocycles. The summed E-state index contributed by atoms with van der Waals surface area (Å²) in [7, 11) is 0. The van der Waals surface area contributed by atoms with Crippen LogP contribution in [0.5, 0.6) is 5.75 Å². The topological polar surface area (TPSA) is 14.2 Å². The van der Waals surface area contributed by atoms with Crippen LogP contribution in [0, 0.1) is 0 Å². The number of aromatic nitrogens is 1. The molecule has 14 heavy (non-hydrogen) atoms. The largest absolute Gasteiger partial charge is 0.492 e. The molecule has 72 valence electrons. The van der Waals surface area contributed by atoms with E-state index in [1.165, 1.54) is 0 Å². The van der Waals surface area contributed by atoms with Crippen molar-refractivity contribution in [3.05, 3.63) is 48.8 Å². The lowest BCUT2D eigenvalue weighted by Gasteiger charge is -2.10. The SMILES string of the molecule is CCOc1ccccc1-n1cccc1. The van der Waals surface area contributed by atoms with E-state index in [1.54, 1.807) is 0 Å². The predicted octanol–water partition coefficient (Wildman–Crippen LogP) is 2.88. The number of ether oxygens (including phenoxy) is 1. The normalized spacial score (nSPS) is 10.1. The van der Waals surface area contributed by atoms with Crippen LogP contribution in [0.25, 0.3) is 5.69 Å². The molecule has 0 aliphatic rings. The highest BCUT2D eigenvalue weighted by Crippen LogP contribution is 2.22. The Balaban J connectivity index is 2.42. The minimum atomic E-state index is 0.693. The molecular formula is C12H13NO. The zero-order valence-electron chi connectivity index (χ0n) is 8.18. The van der Waals surface area contributed by atoms with Crippen LogP contribution < -0.4 is 4.74 Å². The van der Waals surface area contributed by atoms with Gasteiger partial charge in [-0.05, 0) is 31.2 Å². The number of nitrogens with zero attached hydrogens (tertiary/aromatic N) is 1. The summed E-state index contributed by atoms with van der Waals surface area (Å²) in [6.45, 7) is 2.69. The van der Waals surface area contributed by atoms with E-state index < -0.39 is 0 Å². The second-order valence-electron chi connectivity index (χ2n) is 2.99. The summed E-state index contributed by atoms with van der Waals surface area (Å²) in [6, 6.07) is 12.0.